The van der Waals surface area contributed by atoms with Crippen molar-refractivity contribution in [3.8, 4) is 0 Å². The fraction of sp³-hybridized carbons (Fsp3) is 0.889. The summed E-state index contributed by atoms with van der Waals surface area (Å²) in [6.07, 6.45) is 2.53. The molecule has 1 rings (SSSR count). The minimum absolute atomic E-state index is 0.0428. The fourth-order valence-corrected chi connectivity index (χ4v) is 1.40. The Hall–Kier alpha value is -0.610. The first kappa shape index (κ1) is 10.5. The molecule has 1 atom stereocenters. The van der Waals surface area contributed by atoms with E-state index in [9.17, 15) is 4.79 Å². The van der Waals surface area contributed by atoms with Crippen LogP contribution in [0.5, 0.6) is 0 Å². The second kappa shape index (κ2) is 4.58. The lowest BCUT2D eigenvalue weighted by Crippen LogP contribution is -2.38. The molecule has 76 valence electrons. The van der Waals surface area contributed by atoms with Gasteiger partial charge in [0.1, 0.15) is 0 Å². The number of nitrogens with zero attached hydrogens (tertiary/aromatic N) is 1. The summed E-state index contributed by atoms with van der Waals surface area (Å²) in [6, 6.07) is 0.283. The minimum Gasteiger partial charge on any atom is -0.395 e. The summed E-state index contributed by atoms with van der Waals surface area (Å²) >= 11 is 0. The zero-order valence-electron chi connectivity index (χ0n) is 8.07. The molecule has 1 amide bonds. The van der Waals surface area contributed by atoms with E-state index >= 15 is 0 Å². The van der Waals surface area contributed by atoms with Crippen LogP contribution < -0.4 is 5.73 Å². The standard InChI is InChI=1S/C9H18N2O2/c1-7(10)6-9(13)11(4-5-12)8-2-3-8/h7-8,12H,2-6,10H2,1H3. The molecule has 1 saturated carbocycles. The Bertz CT molecular complexity index is 178. The number of carbonyl (C=O) groups excluding carboxylic acids is 1. The second-order valence-corrected chi connectivity index (χ2v) is 3.72. The van der Waals surface area contributed by atoms with Crippen molar-refractivity contribution in [2.75, 3.05) is 13.2 Å². The molecule has 0 aromatic rings. The largest absolute Gasteiger partial charge is 0.395 e. The average Bonchev–Trinajstić information content (AvgIpc) is 2.81. The highest BCUT2D eigenvalue weighted by molar-refractivity contribution is 5.77. The third-order valence-electron chi connectivity index (χ3n) is 2.15. The molecule has 0 heterocycles. The maximum absolute atomic E-state index is 11.6. The molecule has 1 aliphatic carbocycles. The highest BCUT2D eigenvalue weighted by Gasteiger charge is 2.31. The van der Waals surface area contributed by atoms with Gasteiger partial charge in [0.05, 0.1) is 6.61 Å². The first-order valence-electron chi connectivity index (χ1n) is 4.81. The SMILES string of the molecule is CC(N)CC(=O)N(CCO)C1CC1. The Kier molecular flexibility index (Phi) is 3.69. The zero-order valence-corrected chi connectivity index (χ0v) is 8.07. The van der Waals surface area contributed by atoms with Crippen LogP contribution in [0.25, 0.3) is 0 Å². The predicted octanol–water partition coefficient (Wildman–Crippen LogP) is -0.293. The Morgan fingerprint density at radius 3 is 2.69 bits per heavy atom. The molecule has 1 aliphatic rings. The van der Waals surface area contributed by atoms with Crippen LogP contribution in [-0.2, 0) is 4.79 Å². The molecule has 0 aromatic heterocycles. The smallest absolute Gasteiger partial charge is 0.224 e. The van der Waals surface area contributed by atoms with Gasteiger partial charge < -0.3 is 15.7 Å². The lowest BCUT2D eigenvalue weighted by molar-refractivity contribution is -0.132. The number of aliphatic hydroxyl groups excluding tert-OH is 1. The van der Waals surface area contributed by atoms with Crippen LogP contribution >= 0.6 is 0 Å². The van der Waals surface area contributed by atoms with Crippen LogP contribution in [0.1, 0.15) is 26.2 Å². The lowest BCUT2D eigenvalue weighted by atomic mass is 10.2. The maximum atomic E-state index is 11.6. The third kappa shape index (κ3) is 3.32. The molecule has 0 bridgehead atoms. The number of carbonyl (C=O) groups is 1. The molecule has 0 saturated heterocycles. The van der Waals surface area contributed by atoms with Gasteiger partial charge in [0, 0.05) is 25.0 Å². The van der Waals surface area contributed by atoms with Crippen LogP contribution in [0.4, 0.5) is 0 Å². The molecule has 4 nitrogen and oxygen atoms in total. The van der Waals surface area contributed by atoms with Gasteiger partial charge in [-0.05, 0) is 19.8 Å². The van der Waals surface area contributed by atoms with E-state index in [1.54, 1.807) is 4.90 Å². The number of rotatable bonds is 5. The zero-order chi connectivity index (χ0) is 9.84. The summed E-state index contributed by atoms with van der Waals surface area (Å²) < 4.78 is 0. The maximum Gasteiger partial charge on any atom is 0.224 e. The quantitative estimate of drug-likeness (QED) is 0.620. The highest BCUT2D eigenvalue weighted by Crippen LogP contribution is 2.27. The second-order valence-electron chi connectivity index (χ2n) is 3.72. The van der Waals surface area contributed by atoms with Gasteiger partial charge in [0.2, 0.25) is 5.91 Å². The van der Waals surface area contributed by atoms with Gasteiger partial charge in [0.25, 0.3) is 0 Å². The molecule has 1 unspecified atom stereocenters. The molecule has 3 N–H and O–H groups in total. The van der Waals surface area contributed by atoms with E-state index in [0.717, 1.165) is 12.8 Å². The summed E-state index contributed by atoms with van der Waals surface area (Å²) in [7, 11) is 0. The van der Waals surface area contributed by atoms with Gasteiger partial charge >= 0.3 is 0 Å². The summed E-state index contributed by atoms with van der Waals surface area (Å²) in [5, 5.41) is 8.77. The number of aliphatic hydroxyl groups is 1. The minimum atomic E-state index is -0.0903. The van der Waals surface area contributed by atoms with E-state index in [1.807, 2.05) is 6.92 Å². The van der Waals surface area contributed by atoms with Crippen molar-refractivity contribution >= 4 is 5.91 Å². The molecule has 0 radical (unpaired) electrons. The van der Waals surface area contributed by atoms with Crippen molar-refractivity contribution in [3.63, 3.8) is 0 Å². The first-order valence-corrected chi connectivity index (χ1v) is 4.81. The Morgan fingerprint density at radius 2 is 2.31 bits per heavy atom. The van der Waals surface area contributed by atoms with Crippen LogP contribution in [0.3, 0.4) is 0 Å². The average molecular weight is 186 g/mol. The van der Waals surface area contributed by atoms with Gasteiger partial charge in [-0.15, -0.1) is 0 Å². The molecule has 0 aromatic carbocycles. The Morgan fingerprint density at radius 1 is 1.69 bits per heavy atom. The molecule has 4 heteroatoms. The molecular weight excluding hydrogens is 168 g/mol. The predicted molar refractivity (Wildman–Crippen MR) is 50.1 cm³/mol. The molecule has 13 heavy (non-hydrogen) atoms. The monoisotopic (exact) mass is 186 g/mol. The summed E-state index contributed by atoms with van der Waals surface area (Å²) in [4.78, 5) is 13.3. The Labute approximate surface area is 78.7 Å². The van der Waals surface area contributed by atoms with Gasteiger partial charge in [-0.1, -0.05) is 0 Å². The highest BCUT2D eigenvalue weighted by atomic mass is 16.3. The van der Waals surface area contributed by atoms with E-state index in [1.165, 1.54) is 0 Å². The van der Waals surface area contributed by atoms with Crippen molar-refractivity contribution in [2.24, 2.45) is 5.73 Å². The van der Waals surface area contributed by atoms with Crippen molar-refractivity contribution < 1.29 is 9.90 Å². The van der Waals surface area contributed by atoms with Crippen LogP contribution in [0.15, 0.2) is 0 Å². The number of amides is 1. The van der Waals surface area contributed by atoms with Gasteiger partial charge in [-0.2, -0.15) is 0 Å². The van der Waals surface area contributed by atoms with E-state index in [-0.39, 0.29) is 18.6 Å². The number of nitrogens with two attached hydrogens (primary N) is 1. The van der Waals surface area contributed by atoms with Crippen LogP contribution in [0, 0.1) is 0 Å². The van der Waals surface area contributed by atoms with E-state index in [2.05, 4.69) is 0 Å². The van der Waals surface area contributed by atoms with E-state index in [0.29, 0.717) is 19.0 Å². The fourth-order valence-electron chi connectivity index (χ4n) is 1.40. The van der Waals surface area contributed by atoms with Crippen molar-refractivity contribution in [3.05, 3.63) is 0 Å². The number of hydrogen-bond acceptors (Lipinski definition) is 3. The van der Waals surface area contributed by atoms with Crippen LogP contribution in [-0.4, -0.2) is 41.1 Å². The van der Waals surface area contributed by atoms with Gasteiger partial charge in [0.15, 0.2) is 0 Å². The Balaban J connectivity index is 2.38. The van der Waals surface area contributed by atoms with Crippen molar-refractivity contribution in [1.29, 1.82) is 0 Å². The first-order chi connectivity index (χ1) is 6.15. The summed E-state index contributed by atoms with van der Waals surface area (Å²) in [6.45, 7) is 2.32. The topological polar surface area (TPSA) is 66.6 Å². The van der Waals surface area contributed by atoms with Gasteiger partial charge in [-0.3, -0.25) is 4.79 Å². The summed E-state index contributed by atoms with van der Waals surface area (Å²) in [5.74, 6) is 0.0755. The normalized spacial score (nSPS) is 18.4. The molecular formula is C9H18N2O2. The lowest BCUT2D eigenvalue weighted by Gasteiger charge is -2.22. The van der Waals surface area contributed by atoms with Crippen molar-refractivity contribution in [2.45, 2.75) is 38.3 Å². The molecule has 0 spiro atoms. The van der Waals surface area contributed by atoms with Crippen LogP contribution in [0.2, 0.25) is 0 Å². The summed E-state index contributed by atoms with van der Waals surface area (Å²) in [5.41, 5.74) is 5.54. The van der Waals surface area contributed by atoms with E-state index < -0.39 is 0 Å². The van der Waals surface area contributed by atoms with Crippen molar-refractivity contribution in [1.82, 2.24) is 4.90 Å². The molecule has 1 fully saturated rings. The molecule has 0 aliphatic heterocycles. The van der Waals surface area contributed by atoms with E-state index in [4.69, 9.17) is 10.8 Å². The third-order valence-corrected chi connectivity index (χ3v) is 2.15. The number of hydrogen-bond donors (Lipinski definition) is 2. The van der Waals surface area contributed by atoms with Gasteiger partial charge in [-0.25, -0.2) is 0 Å².